The highest BCUT2D eigenvalue weighted by Gasteiger charge is 2.19. The zero-order valence-electron chi connectivity index (χ0n) is 52.6. The molecule has 0 aromatic rings. The van der Waals surface area contributed by atoms with E-state index in [2.05, 4.69) is 93.7 Å². The van der Waals surface area contributed by atoms with Crippen molar-refractivity contribution >= 4 is 17.9 Å². The van der Waals surface area contributed by atoms with E-state index < -0.39 is 6.10 Å². The summed E-state index contributed by atoms with van der Waals surface area (Å²) in [5.41, 5.74) is 0. The highest BCUT2D eigenvalue weighted by Crippen LogP contribution is 2.18. The molecule has 0 aromatic carbocycles. The van der Waals surface area contributed by atoms with E-state index >= 15 is 0 Å². The van der Waals surface area contributed by atoms with Crippen LogP contribution in [0, 0.1) is 0 Å². The summed E-state index contributed by atoms with van der Waals surface area (Å²) in [5, 5.41) is 0. The maximum absolute atomic E-state index is 12.9. The van der Waals surface area contributed by atoms with Crippen LogP contribution in [0.2, 0.25) is 0 Å². The quantitative estimate of drug-likeness (QED) is 0.0261. The molecule has 0 rings (SSSR count). The first-order valence-electron chi connectivity index (χ1n) is 34.4. The molecule has 458 valence electrons. The minimum Gasteiger partial charge on any atom is -0.462 e. The van der Waals surface area contributed by atoms with Crippen LogP contribution in [-0.4, -0.2) is 37.2 Å². The Balaban J connectivity index is 4.12. The standard InChI is InChI=1S/C73H130O6/c1-4-7-10-13-16-19-21-23-25-27-29-31-32-33-34-35-36-37-38-39-40-42-43-45-47-49-51-54-57-60-63-66-72(75)78-69-70(68-77-71(74)65-62-59-56-53-18-15-12-9-6-3)79-73(76)67-64-61-58-55-52-50-48-46-44-41-30-28-26-24-22-20-17-14-11-8-5-2/h8,11,17,20,24,26-27,29-30,41,46,48,70H,4-7,9-10,12-16,18-19,21-23,25,28,31-40,42-45,47,49-69H2,1-3H3/b11-8-,20-17-,26-24-,29-27-,41-30-,48-46-. The molecule has 1 atom stereocenters. The molecule has 0 aromatic heterocycles. The van der Waals surface area contributed by atoms with E-state index in [0.717, 1.165) is 109 Å². The smallest absolute Gasteiger partial charge is 0.306 e. The van der Waals surface area contributed by atoms with E-state index in [1.165, 1.54) is 205 Å². The van der Waals surface area contributed by atoms with Crippen LogP contribution < -0.4 is 0 Å². The summed E-state index contributed by atoms with van der Waals surface area (Å²) >= 11 is 0. The van der Waals surface area contributed by atoms with Crippen molar-refractivity contribution in [2.24, 2.45) is 0 Å². The second kappa shape index (κ2) is 67.4. The average molecular weight is 1100 g/mol. The Labute approximate surface area is 491 Å². The fraction of sp³-hybridized carbons (Fsp3) is 0.795. The minimum absolute atomic E-state index is 0.0796. The number of hydrogen-bond donors (Lipinski definition) is 0. The third-order valence-electron chi connectivity index (χ3n) is 15.2. The van der Waals surface area contributed by atoms with Crippen LogP contribution in [0.15, 0.2) is 72.9 Å². The molecule has 6 heteroatoms. The van der Waals surface area contributed by atoms with E-state index in [1.54, 1.807) is 0 Å². The van der Waals surface area contributed by atoms with Crippen molar-refractivity contribution in [1.29, 1.82) is 0 Å². The predicted octanol–water partition coefficient (Wildman–Crippen LogP) is 23.7. The third kappa shape index (κ3) is 65.5. The number of unbranched alkanes of at least 4 members (excludes halogenated alkanes) is 40. The van der Waals surface area contributed by atoms with Crippen LogP contribution in [0.4, 0.5) is 0 Å². The van der Waals surface area contributed by atoms with Gasteiger partial charge >= 0.3 is 17.9 Å². The Morgan fingerprint density at radius 3 is 0.785 bits per heavy atom. The van der Waals surface area contributed by atoms with Gasteiger partial charge in [-0.3, -0.25) is 14.4 Å². The van der Waals surface area contributed by atoms with E-state index in [1.807, 2.05) is 0 Å². The molecule has 0 saturated carbocycles. The van der Waals surface area contributed by atoms with Crippen molar-refractivity contribution in [3.63, 3.8) is 0 Å². The van der Waals surface area contributed by atoms with Gasteiger partial charge in [0.15, 0.2) is 6.10 Å². The van der Waals surface area contributed by atoms with Crippen LogP contribution in [0.1, 0.15) is 355 Å². The average Bonchev–Trinajstić information content (AvgIpc) is 3.45. The fourth-order valence-electron chi connectivity index (χ4n) is 10.1. The van der Waals surface area contributed by atoms with Gasteiger partial charge in [0.2, 0.25) is 0 Å². The molecular weight excluding hydrogens is 973 g/mol. The molecule has 0 fully saturated rings. The van der Waals surface area contributed by atoms with Crippen LogP contribution in [0.5, 0.6) is 0 Å². The van der Waals surface area contributed by atoms with E-state index in [9.17, 15) is 14.4 Å². The molecule has 0 spiro atoms. The number of carbonyl (C=O) groups excluding carboxylic acids is 3. The van der Waals surface area contributed by atoms with Crippen molar-refractivity contribution in [2.75, 3.05) is 13.2 Å². The maximum atomic E-state index is 12.9. The third-order valence-corrected chi connectivity index (χ3v) is 15.2. The molecular formula is C73H130O6. The van der Waals surface area contributed by atoms with E-state index in [-0.39, 0.29) is 31.1 Å². The van der Waals surface area contributed by atoms with Crippen LogP contribution >= 0.6 is 0 Å². The van der Waals surface area contributed by atoms with Gasteiger partial charge in [-0.25, -0.2) is 0 Å². The molecule has 0 saturated heterocycles. The van der Waals surface area contributed by atoms with Crippen molar-refractivity contribution in [2.45, 2.75) is 361 Å². The van der Waals surface area contributed by atoms with Gasteiger partial charge in [-0.15, -0.1) is 0 Å². The highest BCUT2D eigenvalue weighted by atomic mass is 16.6. The van der Waals surface area contributed by atoms with Crippen molar-refractivity contribution in [3.05, 3.63) is 72.9 Å². The Morgan fingerprint density at radius 2 is 0.494 bits per heavy atom. The van der Waals surface area contributed by atoms with Crippen molar-refractivity contribution in [3.8, 4) is 0 Å². The van der Waals surface area contributed by atoms with Gasteiger partial charge in [-0.05, 0) is 89.9 Å². The summed E-state index contributed by atoms with van der Waals surface area (Å²) in [6.07, 6.45) is 88.1. The largest absolute Gasteiger partial charge is 0.462 e. The Kier molecular flexibility index (Phi) is 64.7. The summed E-state index contributed by atoms with van der Waals surface area (Å²) in [7, 11) is 0. The molecule has 0 aliphatic carbocycles. The lowest BCUT2D eigenvalue weighted by Gasteiger charge is -2.18. The van der Waals surface area contributed by atoms with E-state index in [4.69, 9.17) is 14.2 Å². The molecule has 79 heavy (non-hydrogen) atoms. The van der Waals surface area contributed by atoms with Gasteiger partial charge in [0.05, 0.1) is 0 Å². The number of hydrogen-bond acceptors (Lipinski definition) is 6. The monoisotopic (exact) mass is 1100 g/mol. The maximum Gasteiger partial charge on any atom is 0.306 e. The van der Waals surface area contributed by atoms with Gasteiger partial charge in [0.25, 0.3) is 0 Å². The van der Waals surface area contributed by atoms with Crippen LogP contribution in [0.25, 0.3) is 0 Å². The minimum atomic E-state index is -0.784. The van der Waals surface area contributed by atoms with Gasteiger partial charge in [0, 0.05) is 19.3 Å². The predicted molar refractivity (Wildman–Crippen MR) is 344 cm³/mol. The fourth-order valence-corrected chi connectivity index (χ4v) is 10.1. The molecule has 0 heterocycles. The Hall–Kier alpha value is -3.15. The summed E-state index contributed by atoms with van der Waals surface area (Å²) in [6, 6.07) is 0. The molecule has 0 aliphatic heterocycles. The molecule has 0 N–H and O–H groups in total. The summed E-state index contributed by atoms with van der Waals surface area (Å²) in [6.45, 7) is 6.53. The highest BCUT2D eigenvalue weighted by molar-refractivity contribution is 5.71. The lowest BCUT2D eigenvalue weighted by Crippen LogP contribution is -2.30. The van der Waals surface area contributed by atoms with Gasteiger partial charge in [-0.1, -0.05) is 318 Å². The zero-order valence-corrected chi connectivity index (χ0v) is 52.6. The first-order chi connectivity index (χ1) is 39.0. The topological polar surface area (TPSA) is 78.9 Å². The second-order valence-electron chi connectivity index (χ2n) is 23.1. The van der Waals surface area contributed by atoms with E-state index in [0.29, 0.717) is 19.3 Å². The first-order valence-corrected chi connectivity index (χ1v) is 34.4. The van der Waals surface area contributed by atoms with Gasteiger partial charge < -0.3 is 14.2 Å². The molecule has 1 unspecified atom stereocenters. The summed E-state index contributed by atoms with van der Waals surface area (Å²) in [4.78, 5) is 38.2. The number of ether oxygens (including phenoxy) is 3. The molecule has 0 bridgehead atoms. The first kappa shape index (κ1) is 75.8. The normalized spacial score (nSPS) is 12.5. The molecule has 0 amide bonds. The van der Waals surface area contributed by atoms with Crippen LogP contribution in [-0.2, 0) is 28.6 Å². The molecule has 0 aliphatic rings. The second-order valence-corrected chi connectivity index (χ2v) is 23.1. The lowest BCUT2D eigenvalue weighted by molar-refractivity contribution is -0.167. The molecule has 0 radical (unpaired) electrons. The number of allylic oxidation sites excluding steroid dienone is 12. The SMILES string of the molecule is CC/C=C\C/C=C\C/C=C\C/C=C\C/C=C\CCCCCCCC(=O)OC(COC(=O)CCCCCCCCCCC)COC(=O)CCCCCCCCCCCCCCCCCCCCC/C=C\CCCCCCCCCC. The van der Waals surface area contributed by atoms with Crippen molar-refractivity contribution in [1.82, 2.24) is 0 Å². The van der Waals surface area contributed by atoms with Crippen molar-refractivity contribution < 1.29 is 28.6 Å². The zero-order chi connectivity index (χ0) is 57.1. The number of carbonyl (C=O) groups is 3. The number of rotatable bonds is 63. The summed E-state index contributed by atoms with van der Waals surface area (Å²) in [5.74, 6) is -0.885. The van der Waals surface area contributed by atoms with Gasteiger partial charge in [0.1, 0.15) is 13.2 Å². The van der Waals surface area contributed by atoms with Gasteiger partial charge in [-0.2, -0.15) is 0 Å². The molecule has 6 nitrogen and oxygen atoms in total. The summed E-state index contributed by atoms with van der Waals surface area (Å²) < 4.78 is 16.9. The lowest BCUT2D eigenvalue weighted by atomic mass is 10.0. The Morgan fingerprint density at radius 1 is 0.266 bits per heavy atom. The number of esters is 3. The van der Waals surface area contributed by atoms with Crippen LogP contribution in [0.3, 0.4) is 0 Å². The Bertz CT molecular complexity index is 1450.